The molecule has 1 N–H and O–H groups in total. The van der Waals surface area contributed by atoms with Crippen LogP contribution in [-0.4, -0.2) is 26.1 Å². The number of amides is 1. The first-order valence-corrected chi connectivity index (χ1v) is 7.24. The molecule has 1 amide bonds. The van der Waals surface area contributed by atoms with Gasteiger partial charge in [0.2, 0.25) is 0 Å². The molecule has 0 bridgehead atoms. The molecule has 0 aliphatic carbocycles. The summed E-state index contributed by atoms with van der Waals surface area (Å²) < 4.78 is 6.75. The summed E-state index contributed by atoms with van der Waals surface area (Å²) in [4.78, 5) is 12.4. The summed E-state index contributed by atoms with van der Waals surface area (Å²) in [7, 11) is 0. The van der Waals surface area contributed by atoms with Crippen LogP contribution in [0.5, 0.6) is 0 Å². The summed E-state index contributed by atoms with van der Waals surface area (Å²) in [6.07, 6.45) is 0. The van der Waals surface area contributed by atoms with Gasteiger partial charge >= 0.3 is 0 Å². The molecular weight excluding hydrogens is 294 g/mol. The molecule has 7 nitrogen and oxygen atoms in total. The number of anilines is 1. The number of hydrogen-bond acceptors (Lipinski definition) is 5. The number of nitrogens with one attached hydrogen (secondary N) is 1. The van der Waals surface area contributed by atoms with E-state index < -0.39 is 0 Å². The molecule has 0 fully saturated rings. The van der Waals surface area contributed by atoms with Gasteiger partial charge in [-0.1, -0.05) is 40.7 Å². The SMILES string of the molecule is Cc1noc(C)c1NC(=O)c1nnn(Cc2ccccc2)c1C. The van der Waals surface area contributed by atoms with E-state index in [-0.39, 0.29) is 5.91 Å². The Bertz CT molecular complexity index is 816. The molecule has 7 heteroatoms. The minimum absolute atomic E-state index is 0.293. The third-order valence-electron chi connectivity index (χ3n) is 3.64. The van der Waals surface area contributed by atoms with Crippen LogP contribution in [-0.2, 0) is 6.54 Å². The first kappa shape index (κ1) is 15.0. The van der Waals surface area contributed by atoms with Gasteiger partial charge in [0.25, 0.3) is 5.91 Å². The lowest BCUT2D eigenvalue weighted by atomic mass is 10.2. The minimum Gasteiger partial charge on any atom is -0.359 e. The van der Waals surface area contributed by atoms with Gasteiger partial charge in [-0.15, -0.1) is 5.10 Å². The van der Waals surface area contributed by atoms with Crippen LogP contribution >= 0.6 is 0 Å². The van der Waals surface area contributed by atoms with E-state index in [2.05, 4.69) is 20.8 Å². The fraction of sp³-hybridized carbons (Fsp3) is 0.250. The van der Waals surface area contributed by atoms with E-state index in [4.69, 9.17) is 4.52 Å². The molecule has 2 aromatic heterocycles. The standard InChI is InChI=1S/C16H17N5O2/c1-10-14(12(3)23-19-10)17-16(22)15-11(2)21(20-18-15)9-13-7-5-4-6-8-13/h4-8H,9H2,1-3H3,(H,17,22). The van der Waals surface area contributed by atoms with Crippen LogP contribution in [0, 0.1) is 20.8 Å². The molecular formula is C16H17N5O2. The van der Waals surface area contributed by atoms with E-state index >= 15 is 0 Å². The Balaban J connectivity index is 1.80. The first-order valence-electron chi connectivity index (χ1n) is 7.24. The topological polar surface area (TPSA) is 85.8 Å². The summed E-state index contributed by atoms with van der Waals surface area (Å²) in [5, 5.41) is 14.7. The molecule has 0 saturated heterocycles. The lowest BCUT2D eigenvalue weighted by molar-refractivity contribution is 0.102. The highest BCUT2D eigenvalue weighted by molar-refractivity contribution is 6.04. The van der Waals surface area contributed by atoms with E-state index in [0.29, 0.717) is 35.1 Å². The third kappa shape index (κ3) is 2.98. The molecule has 0 atom stereocenters. The maximum absolute atomic E-state index is 12.4. The maximum atomic E-state index is 12.4. The van der Waals surface area contributed by atoms with Crippen molar-refractivity contribution in [2.24, 2.45) is 0 Å². The van der Waals surface area contributed by atoms with Crippen LogP contribution in [0.1, 0.15) is 33.2 Å². The average Bonchev–Trinajstić information content (AvgIpc) is 3.06. The van der Waals surface area contributed by atoms with Gasteiger partial charge in [-0.25, -0.2) is 4.68 Å². The van der Waals surface area contributed by atoms with Gasteiger partial charge in [0.1, 0.15) is 11.4 Å². The molecule has 3 rings (SSSR count). The summed E-state index contributed by atoms with van der Waals surface area (Å²) in [5.41, 5.74) is 3.30. The highest BCUT2D eigenvalue weighted by Crippen LogP contribution is 2.20. The van der Waals surface area contributed by atoms with Gasteiger partial charge in [0.05, 0.1) is 12.2 Å². The van der Waals surface area contributed by atoms with Crippen molar-refractivity contribution in [2.45, 2.75) is 27.3 Å². The van der Waals surface area contributed by atoms with E-state index in [1.807, 2.05) is 37.3 Å². The summed E-state index contributed by atoms with van der Waals surface area (Å²) in [5.74, 6) is 0.237. The van der Waals surface area contributed by atoms with Gasteiger partial charge in [-0.2, -0.15) is 0 Å². The molecule has 2 heterocycles. The van der Waals surface area contributed by atoms with Gasteiger partial charge in [-0.05, 0) is 26.3 Å². The van der Waals surface area contributed by atoms with Gasteiger partial charge in [0.15, 0.2) is 11.5 Å². The maximum Gasteiger partial charge on any atom is 0.278 e. The van der Waals surface area contributed by atoms with Crippen molar-refractivity contribution in [1.82, 2.24) is 20.2 Å². The monoisotopic (exact) mass is 311 g/mol. The van der Waals surface area contributed by atoms with Crippen LogP contribution in [0.2, 0.25) is 0 Å². The molecule has 3 aromatic rings. The fourth-order valence-electron chi connectivity index (χ4n) is 2.31. The number of carbonyl (C=O) groups excluding carboxylic acids is 1. The summed E-state index contributed by atoms with van der Waals surface area (Å²) in [6.45, 7) is 5.91. The second-order valence-corrected chi connectivity index (χ2v) is 5.32. The van der Waals surface area contributed by atoms with Crippen LogP contribution in [0.4, 0.5) is 5.69 Å². The highest BCUT2D eigenvalue weighted by Gasteiger charge is 2.19. The second kappa shape index (κ2) is 6.04. The van der Waals surface area contributed by atoms with Crippen LogP contribution in [0.15, 0.2) is 34.9 Å². The number of aromatic nitrogens is 4. The van der Waals surface area contributed by atoms with Crippen molar-refractivity contribution in [3.05, 3.63) is 58.7 Å². The van der Waals surface area contributed by atoms with Crippen molar-refractivity contribution in [1.29, 1.82) is 0 Å². The molecule has 118 valence electrons. The second-order valence-electron chi connectivity index (χ2n) is 5.32. The lowest BCUT2D eigenvalue weighted by Crippen LogP contribution is -2.15. The number of aryl methyl sites for hydroxylation is 2. The van der Waals surface area contributed by atoms with Crippen molar-refractivity contribution >= 4 is 11.6 Å². The normalized spacial score (nSPS) is 10.7. The molecule has 1 aromatic carbocycles. The first-order chi connectivity index (χ1) is 11.1. The molecule has 23 heavy (non-hydrogen) atoms. The number of rotatable bonds is 4. The zero-order chi connectivity index (χ0) is 16.4. The number of benzene rings is 1. The Labute approximate surface area is 133 Å². The molecule has 0 radical (unpaired) electrons. The predicted molar refractivity (Wildman–Crippen MR) is 84.2 cm³/mol. The van der Waals surface area contributed by atoms with Crippen molar-refractivity contribution < 1.29 is 9.32 Å². The Morgan fingerprint density at radius 3 is 2.61 bits per heavy atom. The Morgan fingerprint density at radius 2 is 1.96 bits per heavy atom. The quantitative estimate of drug-likeness (QED) is 0.800. The number of nitrogens with zero attached hydrogens (tertiary/aromatic N) is 4. The smallest absolute Gasteiger partial charge is 0.278 e. The van der Waals surface area contributed by atoms with Gasteiger partial charge in [0, 0.05) is 0 Å². The summed E-state index contributed by atoms with van der Waals surface area (Å²) >= 11 is 0. The van der Waals surface area contributed by atoms with Crippen LogP contribution in [0.3, 0.4) is 0 Å². The Hall–Kier alpha value is -2.96. The fourth-order valence-corrected chi connectivity index (χ4v) is 2.31. The van der Waals surface area contributed by atoms with Crippen LogP contribution in [0.25, 0.3) is 0 Å². The third-order valence-corrected chi connectivity index (χ3v) is 3.64. The average molecular weight is 311 g/mol. The number of carbonyl (C=O) groups is 1. The largest absolute Gasteiger partial charge is 0.359 e. The molecule has 0 unspecified atom stereocenters. The van der Waals surface area contributed by atoms with E-state index in [1.54, 1.807) is 18.5 Å². The van der Waals surface area contributed by atoms with E-state index in [0.717, 1.165) is 5.56 Å². The van der Waals surface area contributed by atoms with Crippen molar-refractivity contribution in [3.63, 3.8) is 0 Å². The van der Waals surface area contributed by atoms with Crippen molar-refractivity contribution in [2.75, 3.05) is 5.32 Å². The molecule has 0 aliphatic rings. The molecule has 0 saturated carbocycles. The Morgan fingerprint density at radius 1 is 1.22 bits per heavy atom. The molecule has 0 aliphatic heterocycles. The lowest BCUT2D eigenvalue weighted by Gasteiger charge is -2.05. The number of hydrogen-bond donors (Lipinski definition) is 1. The van der Waals surface area contributed by atoms with E-state index in [1.165, 1.54) is 0 Å². The van der Waals surface area contributed by atoms with E-state index in [9.17, 15) is 4.79 Å². The molecule has 0 spiro atoms. The zero-order valence-electron chi connectivity index (χ0n) is 13.2. The van der Waals surface area contributed by atoms with Gasteiger partial charge in [-0.3, -0.25) is 4.79 Å². The minimum atomic E-state index is -0.323. The van der Waals surface area contributed by atoms with Crippen molar-refractivity contribution in [3.8, 4) is 0 Å². The Kier molecular flexibility index (Phi) is 3.92. The van der Waals surface area contributed by atoms with Crippen LogP contribution < -0.4 is 5.32 Å². The predicted octanol–water partition coefficient (Wildman–Crippen LogP) is 2.49. The van der Waals surface area contributed by atoms with Gasteiger partial charge < -0.3 is 9.84 Å². The highest BCUT2D eigenvalue weighted by atomic mass is 16.5. The summed E-state index contributed by atoms with van der Waals surface area (Å²) in [6, 6.07) is 9.90. The zero-order valence-corrected chi connectivity index (χ0v) is 13.2.